The molecule has 2 aromatic rings. The van der Waals surface area contributed by atoms with Gasteiger partial charge in [-0.1, -0.05) is 0 Å². The molecule has 1 unspecified atom stereocenters. The summed E-state index contributed by atoms with van der Waals surface area (Å²) in [5, 5.41) is 3.19. The zero-order chi connectivity index (χ0) is 19.9. The van der Waals surface area contributed by atoms with Crippen LogP contribution in [0.15, 0.2) is 41.4 Å². The van der Waals surface area contributed by atoms with E-state index in [9.17, 15) is 13.2 Å². The fraction of sp³-hybridized carbons (Fsp3) is 0.412. The molecule has 2 aliphatic rings. The summed E-state index contributed by atoms with van der Waals surface area (Å²) in [5.41, 5.74) is 13.0. The summed E-state index contributed by atoms with van der Waals surface area (Å²) in [6.07, 6.45) is -0.359. The molecule has 0 spiro atoms. The molecule has 5 N–H and O–H groups in total. The van der Waals surface area contributed by atoms with Gasteiger partial charge < -0.3 is 26.3 Å². The van der Waals surface area contributed by atoms with Crippen LogP contribution in [0, 0.1) is 5.92 Å². The number of fused-ring (bicyclic) bond motifs is 1. The molecule has 0 amide bonds. The minimum absolute atomic E-state index is 0.0475. The van der Waals surface area contributed by atoms with Gasteiger partial charge in [0, 0.05) is 31.4 Å². The number of nitrogens with one attached hydrogen (secondary N) is 1. The molecule has 0 radical (unpaired) electrons. The van der Waals surface area contributed by atoms with E-state index in [4.69, 9.17) is 16.2 Å². The number of ether oxygens (including phenoxy) is 2. The number of rotatable bonds is 3. The second-order valence-corrected chi connectivity index (χ2v) is 6.67. The van der Waals surface area contributed by atoms with Gasteiger partial charge in [-0.25, -0.2) is 9.98 Å². The molecule has 8 nitrogen and oxygen atoms in total. The van der Waals surface area contributed by atoms with Crippen LogP contribution in [0.5, 0.6) is 5.75 Å². The van der Waals surface area contributed by atoms with Crippen LogP contribution in [0.3, 0.4) is 0 Å². The third-order valence-electron chi connectivity index (χ3n) is 4.94. The number of benzene rings is 1. The lowest BCUT2D eigenvalue weighted by Crippen LogP contribution is -2.54. The number of halogens is 3. The first-order chi connectivity index (χ1) is 13.3. The number of hydrogen-bond donors (Lipinski definition) is 3. The van der Waals surface area contributed by atoms with Crippen molar-refractivity contribution in [1.29, 1.82) is 0 Å². The fourth-order valence-electron chi connectivity index (χ4n) is 3.62. The van der Waals surface area contributed by atoms with Crippen molar-refractivity contribution in [3.8, 4) is 5.75 Å². The molecule has 3 heterocycles. The highest BCUT2D eigenvalue weighted by Crippen LogP contribution is 2.38. The van der Waals surface area contributed by atoms with E-state index in [1.54, 1.807) is 10.8 Å². The lowest BCUT2D eigenvalue weighted by Gasteiger charge is -2.42. The Morgan fingerprint density at radius 1 is 1.25 bits per heavy atom. The molecule has 1 aromatic heterocycles. The van der Waals surface area contributed by atoms with Crippen LogP contribution in [0.25, 0.3) is 11.0 Å². The Balaban J connectivity index is 1.84. The van der Waals surface area contributed by atoms with Crippen LogP contribution in [0.2, 0.25) is 0 Å². The first-order valence-corrected chi connectivity index (χ1v) is 8.68. The van der Waals surface area contributed by atoms with Gasteiger partial charge in [-0.3, -0.25) is 4.57 Å². The Morgan fingerprint density at radius 2 is 2.00 bits per heavy atom. The third kappa shape index (κ3) is 3.21. The molecule has 1 aromatic carbocycles. The predicted octanol–water partition coefficient (Wildman–Crippen LogP) is 1.73. The van der Waals surface area contributed by atoms with Crippen molar-refractivity contribution in [3.05, 3.63) is 36.4 Å². The number of aliphatic imine (C=N–C) groups is 1. The Bertz CT molecular complexity index is 948. The summed E-state index contributed by atoms with van der Waals surface area (Å²) in [6, 6.07) is 3.97. The average molecular weight is 396 g/mol. The Morgan fingerprint density at radius 3 is 2.68 bits per heavy atom. The van der Waals surface area contributed by atoms with Crippen molar-refractivity contribution in [2.75, 3.05) is 13.2 Å². The SMILES string of the molecule is NC1=CNC(C2CCOCC2)(n2cnc3ccc(OC(F)(F)F)cc32)N=C1N. The molecule has 28 heavy (non-hydrogen) atoms. The van der Waals surface area contributed by atoms with Crippen LogP contribution in [0.4, 0.5) is 13.2 Å². The summed E-state index contributed by atoms with van der Waals surface area (Å²) in [5.74, 6) is -1.32. The van der Waals surface area contributed by atoms with Crippen molar-refractivity contribution in [2.24, 2.45) is 22.4 Å². The number of amidine groups is 1. The summed E-state index contributed by atoms with van der Waals surface area (Å²) in [7, 11) is 0. The van der Waals surface area contributed by atoms with Crippen LogP contribution < -0.4 is 21.5 Å². The summed E-state index contributed by atoms with van der Waals surface area (Å²) in [4.78, 5) is 8.92. The molecule has 4 rings (SSSR count). The van der Waals surface area contributed by atoms with Gasteiger partial charge >= 0.3 is 6.36 Å². The number of nitrogens with two attached hydrogens (primary N) is 2. The van der Waals surface area contributed by atoms with E-state index < -0.39 is 12.1 Å². The van der Waals surface area contributed by atoms with E-state index in [1.165, 1.54) is 24.5 Å². The average Bonchev–Trinajstić information content (AvgIpc) is 3.07. The molecule has 2 aliphatic heterocycles. The van der Waals surface area contributed by atoms with Crippen LogP contribution in [0.1, 0.15) is 12.8 Å². The first-order valence-electron chi connectivity index (χ1n) is 8.68. The Kier molecular flexibility index (Phi) is 4.33. The maximum Gasteiger partial charge on any atom is 0.573 e. The highest BCUT2D eigenvalue weighted by molar-refractivity contribution is 5.96. The number of alkyl halides is 3. The number of hydrogen-bond acceptors (Lipinski definition) is 7. The third-order valence-corrected chi connectivity index (χ3v) is 4.94. The largest absolute Gasteiger partial charge is 0.573 e. The highest BCUT2D eigenvalue weighted by atomic mass is 19.4. The normalized spacial score (nSPS) is 23.8. The second kappa shape index (κ2) is 6.59. The number of aromatic nitrogens is 2. The quantitative estimate of drug-likeness (QED) is 0.728. The Hall–Kier alpha value is -2.95. The second-order valence-electron chi connectivity index (χ2n) is 6.67. The molecule has 11 heteroatoms. The van der Waals surface area contributed by atoms with Crippen molar-refractivity contribution >= 4 is 16.9 Å². The minimum Gasteiger partial charge on any atom is -0.406 e. The standard InChI is InChI=1S/C17H19F3N6O2/c18-17(19,20)28-11-1-2-13-14(7-11)26(9-23-13)16(10-3-5-27-6-4-10)24-8-12(21)15(22)25-16/h1-2,7-10,24H,3-6,21H2,(H2,22,25). The van der Waals surface area contributed by atoms with E-state index in [-0.39, 0.29) is 23.2 Å². The predicted molar refractivity (Wildman–Crippen MR) is 95.0 cm³/mol. The van der Waals surface area contributed by atoms with Gasteiger partial charge in [0.1, 0.15) is 11.6 Å². The molecule has 1 fully saturated rings. The van der Waals surface area contributed by atoms with E-state index in [2.05, 4.69) is 20.0 Å². The summed E-state index contributed by atoms with van der Waals surface area (Å²) >= 11 is 0. The molecule has 1 atom stereocenters. The molecule has 0 aliphatic carbocycles. The van der Waals surface area contributed by atoms with Gasteiger partial charge in [0.2, 0.25) is 5.79 Å². The van der Waals surface area contributed by atoms with Crippen molar-refractivity contribution in [3.63, 3.8) is 0 Å². The monoisotopic (exact) mass is 396 g/mol. The van der Waals surface area contributed by atoms with E-state index in [0.717, 1.165) is 0 Å². The van der Waals surface area contributed by atoms with Gasteiger partial charge in [-0.15, -0.1) is 13.2 Å². The molecular formula is C17H19F3N6O2. The van der Waals surface area contributed by atoms with E-state index >= 15 is 0 Å². The topological polar surface area (TPSA) is 113 Å². The maximum atomic E-state index is 12.7. The highest BCUT2D eigenvalue weighted by Gasteiger charge is 2.43. The molecule has 0 bridgehead atoms. The van der Waals surface area contributed by atoms with Crippen molar-refractivity contribution in [2.45, 2.75) is 25.0 Å². The van der Waals surface area contributed by atoms with Gasteiger partial charge in [-0.2, -0.15) is 0 Å². The van der Waals surface area contributed by atoms with Crippen LogP contribution in [-0.2, 0) is 10.5 Å². The first kappa shape index (κ1) is 18.4. The van der Waals surface area contributed by atoms with E-state index in [0.29, 0.717) is 37.1 Å². The van der Waals surface area contributed by atoms with Gasteiger partial charge in [-0.05, 0) is 25.0 Å². The zero-order valence-corrected chi connectivity index (χ0v) is 14.7. The lowest BCUT2D eigenvalue weighted by molar-refractivity contribution is -0.274. The van der Waals surface area contributed by atoms with Crippen LogP contribution >= 0.6 is 0 Å². The van der Waals surface area contributed by atoms with Crippen molar-refractivity contribution < 1.29 is 22.6 Å². The van der Waals surface area contributed by atoms with Crippen LogP contribution in [-0.4, -0.2) is 35.0 Å². The van der Waals surface area contributed by atoms with Crippen molar-refractivity contribution in [1.82, 2.24) is 14.9 Å². The van der Waals surface area contributed by atoms with Gasteiger partial charge in [0.05, 0.1) is 23.1 Å². The van der Waals surface area contributed by atoms with Gasteiger partial charge in [0.25, 0.3) is 0 Å². The smallest absolute Gasteiger partial charge is 0.406 e. The Labute approximate surface area is 158 Å². The number of nitrogens with zero attached hydrogens (tertiary/aromatic N) is 3. The lowest BCUT2D eigenvalue weighted by atomic mass is 9.90. The molecule has 0 saturated carbocycles. The molecular weight excluding hydrogens is 377 g/mol. The summed E-state index contributed by atoms with van der Waals surface area (Å²) in [6.45, 7) is 1.08. The maximum absolute atomic E-state index is 12.7. The summed E-state index contributed by atoms with van der Waals surface area (Å²) < 4.78 is 49.1. The minimum atomic E-state index is -4.79. The molecule has 150 valence electrons. The van der Waals surface area contributed by atoms with E-state index in [1.807, 2.05) is 0 Å². The zero-order valence-electron chi connectivity index (χ0n) is 14.7. The molecule has 1 saturated heterocycles. The van der Waals surface area contributed by atoms with Gasteiger partial charge in [0.15, 0.2) is 0 Å². The number of imidazole rings is 1. The fourth-order valence-corrected chi connectivity index (χ4v) is 3.62.